The maximum Gasteiger partial charge on any atom is 0.416 e. The van der Waals surface area contributed by atoms with Crippen LogP contribution in [0.1, 0.15) is 24.2 Å². The lowest BCUT2D eigenvalue weighted by atomic mass is 10.2. The standard InChI is InChI=1S/C12H11ClF3N3O/c1-2-10-18-11(20-19-10)6-17-9-4-3-7(5-8(9)13)12(14,15)16/h3-5,17H,2,6H2,1H3. The van der Waals surface area contributed by atoms with E-state index in [0.717, 1.165) is 12.1 Å². The fourth-order valence-electron chi connectivity index (χ4n) is 1.51. The molecular formula is C12H11ClF3N3O. The first-order chi connectivity index (χ1) is 9.40. The third-order valence-corrected chi connectivity index (χ3v) is 2.87. The van der Waals surface area contributed by atoms with Crippen LogP contribution in [0, 0.1) is 0 Å². The Kier molecular flexibility index (Phi) is 4.17. The van der Waals surface area contributed by atoms with Gasteiger partial charge in [-0.3, -0.25) is 0 Å². The second kappa shape index (κ2) is 5.70. The lowest BCUT2D eigenvalue weighted by molar-refractivity contribution is -0.137. The van der Waals surface area contributed by atoms with Gasteiger partial charge in [0.05, 0.1) is 22.8 Å². The maximum absolute atomic E-state index is 12.5. The van der Waals surface area contributed by atoms with Crippen molar-refractivity contribution in [1.82, 2.24) is 10.1 Å². The molecule has 0 saturated carbocycles. The van der Waals surface area contributed by atoms with Crippen LogP contribution in [0.4, 0.5) is 18.9 Å². The van der Waals surface area contributed by atoms with Gasteiger partial charge in [0, 0.05) is 6.42 Å². The van der Waals surface area contributed by atoms with Gasteiger partial charge < -0.3 is 9.84 Å². The van der Waals surface area contributed by atoms with Gasteiger partial charge in [0.15, 0.2) is 5.82 Å². The van der Waals surface area contributed by atoms with E-state index in [4.69, 9.17) is 16.1 Å². The van der Waals surface area contributed by atoms with E-state index in [9.17, 15) is 13.2 Å². The minimum atomic E-state index is -4.41. The lowest BCUT2D eigenvalue weighted by Crippen LogP contribution is -2.06. The first kappa shape index (κ1) is 14.6. The molecule has 0 atom stereocenters. The number of nitrogens with zero attached hydrogens (tertiary/aromatic N) is 2. The Labute approximate surface area is 117 Å². The van der Waals surface area contributed by atoms with Crippen molar-refractivity contribution in [3.8, 4) is 0 Å². The molecule has 2 rings (SSSR count). The number of aryl methyl sites for hydroxylation is 1. The molecule has 1 heterocycles. The summed E-state index contributed by atoms with van der Waals surface area (Å²) in [6, 6.07) is 3.09. The largest absolute Gasteiger partial charge is 0.416 e. The predicted molar refractivity (Wildman–Crippen MR) is 67.5 cm³/mol. The van der Waals surface area contributed by atoms with Crippen LogP contribution in [0.5, 0.6) is 0 Å². The van der Waals surface area contributed by atoms with E-state index >= 15 is 0 Å². The van der Waals surface area contributed by atoms with Gasteiger partial charge in [-0.1, -0.05) is 23.7 Å². The summed E-state index contributed by atoms with van der Waals surface area (Å²) >= 11 is 5.81. The van der Waals surface area contributed by atoms with Crippen molar-refractivity contribution in [3.05, 3.63) is 40.5 Å². The summed E-state index contributed by atoms with van der Waals surface area (Å²) in [4.78, 5) is 4.07. The number of anilines is 1. The molecule has 0 aliphatic rings. The number of rotatable bonds is 4. The molecule has 0 unspecified atom stereocenters. The molecule has 0 aliphatic heterocycles. The van der Waals surface area contributed by atoms with Crippen LogP contribution in [0.2, 0.25) is 5.02 Å². The third-order valence-electron chi connectivity index (χ3n) is 2.55. The van der Waals surface area contributed by atoms with E-state index < -0.39 is 11.7 Å². The summed E-state index contributed by atoms with van der Waals surface area (Å²) < 4.78 is 42.4. The van der Waals surface area contributed by atoms with E-state index in [1.807, 2.05) is 6.92 Å². The Bertz CT molecular complexity index is 598. The van der Waals surface area contributed by atoms with Crippen molar-refractivity contribution < 1.29 is 17.7 Å². The Morgan fingerprint density at radius 3 is 2.65 bits per heavy atom. The van der Waals surface area contributed by atoms with E-state index in [1.54, 1.807) is 0 Å². The average molecular weight is 306 g/mol. The normalized spacial score (nSPS) is 11.7. The highest BCUT2D eigenvalue weighted by molar-refractivity contribution is 6.33. The molecule has 1 aromatic heterocycles. The first-order valence-electron chi connectivity index (χ1n) is 5.82. The third kappa shape index (κ3) is 3.41. The molecule has 0 spiro atoms. The SMILES string of the molecule is CCc1noc(CNc2ccc(C(F)(F)F)cc2Cl)n1. The van der Waals surface area contributed by atoms with E-state index in [2.05, 4.69) is 15.5 Å². The van der Waals surface area contributed by atoms with Gasteiger partial charge in [-0.25, -0.2) is 0 Å². The number of halogens is 4. The monoisotopic (exact) mass is 305 g/mol. The van der Waals surface area contributed by atoms with Crippen molar-refractivity contribution in [2.45, 2.75) is 26.1 Å². The zero-order valence-corrected chi connectivity index (χ0v) is 11.2. The van der Waals surface area contributed by atoms with Crippen LogP contribution < -0.4 is 5.32 Å². The Morgan fingerprint density at radius 1 is 1.35 bits per heavy atom. The zero-order chi connectivity index (χ0) is 14.8. The molecule has 1 aromatic carbocycles. The van der Waals surface area contributed by atoms with Crippen LogP contribution in [-0.2, 0) is 19.1 Å². The summed E-state index contributed by atoms with van der Waals surface area (Å²) in [5.41, 5.74) is -0.421. The Balaban J connectivity index is 2.06. The van der Waals surface area contributed by atoms with E-state index in [-0.39, 0.29) is 11.6 Å². The lowest BCUT2D eigenvalue weighted by Gasteiger charge is -2.10. The van der Waals surface area contributed by atoms with Crippen LogP contribution >= 0.6 is 11.6 Å². The smallest absolute Gasteiger partial charge is 0.375 e. The van der Waals surface area contributed by atoms with Crippen molar-refractivity contribution in [1.29, 1.82) is 0 Å². The fraction of sp³-hybridized carbons (Fsp3) is 0.333. The number of aromatic nitrogens is 2. The predicted octanol–water partition coefficient (Wildman–Crippen LogP) is 3.92. The van der Waals surface area contributed by atoms with Gasteiger partial charge in [0.25, 0.3) is 0 Å². The highest BCUT2D eigenvalue weighted by Gasteiger charge is 2.30. The van der Waals surface area contributed by atoms with Gasteiger partial charge in [-0.05, 0) is 18.2 Å². The average Bonchev–Trinajstić information content (AvgIpc) is 2.84. The molecule has 0 aliphatic carbocycles. The van der Waals surface area contributed by atoms with E-state index in [0.29, 0.717) is 23.8 Å². The topological polar surface area (TPSA) is 51.0 Å². The molecule has 0 bridgehead atoms. The molecule has 8 heteroatoms. The molecule has 1 N–H and O–H groups in total. The van der Waals surface area contributed by atoms with E-state index in [1.165, 1.54) is 6.07 Å². The molecule has 0 fully saturated rings. The first-order valence-corrected chi connectivity index (χ1v) is 6.20. The highest BCUT2D eigenvalue weighted by atomic mass is 35.5. The highest BCUT2D eigenvalue weighted by Crippen LogP contribution is 2.33. The summed E-state index contributed by atoms with van der Waals surface area (Å²) in [5, 5.41) is 6.54. The molecule has 2 aromatic rings. The van der Waals surface area contributed by atoms with Crippen LogP contribution in [0.15, 0.2) is 22.7 Å². The second-order valence-electron chi connectivity index (χ2n) is 4.00. The van der Waals surface area contributed by atoms with Gasteiger partial charge in [-0.15, -0.1) is 0 Å². The van der Waals surface area contributed by atoms with Gasteiger partial charge in [-0.2, -0.15) is 18.2 Å². The van der Waals surface area contributed by atoms with Gasteiger partial charge in [0.1, 0.15) is 0 Å². The molecule has 4 nitrogen and oxygen atoms in total. The minimum Gasteiger partial charge on any atom is -0.375 e. The summed E-state index contributed by atoms with van der Waals surface area (Å²) in [6.45, 7) is 2.08. The number of hydrogen-bond donors (Lipinski definition) is 1. The number of hydrogen-bond acceptors (Lipinski definition) is 4. The molecule has 108 valence electrons. The summed E-state index contributed by atoms with van der Waals surface area (Å²) in [7, 11) is 0. The van der Waals surface area contributed by atoms with Crippen LogP contribution in [0.25, 0.3) is 0 Å². The molecule has 0 radical (unpaired) electrons. The second-order valence-corrected chi connectivity index (χ2v) is 4.41. The summed E-state index contributed by atoms with van der Waals surface area (Å²) in [6.07, 6.45) is -3.77. The van der Waals surface area contributed by atoms with Crippen molar-refractivity contribution in [3.63, 3.8) is 0 Å². The Morgan fingerprint density at radius 2 is 2.10 bits per heavy atom. The molecule has 20 heavy (non-hydrogen) atoms. The number of nitrogens with one attached hydrogen (secondary N) is 1. The van der Waals surface area contributed by atoms with Crippen molar-refractivity contribution >= 4 is 17.3 Å². The quantitative estimate of drug-likeness (QED) is 0.930. The van der Waals surface area contributed by atoms with Crippen molar-refractivity contribution in [2.24, 2.45) is 0 Å². The van der Waals surface area contributed by atoms with Crippen LogP contribution in [0.3, 0.4) is 0 Å². The fourth-order valence-corrected chi connectivity index (χ4v) is 1.76. The van der Waals surface area contributed by atoms with Gasteiger partial charge in [0.2, 0.25) is 5.89 Å². The maximum atomic E-state index is 12.5. The van der Waals surface area contributed by atoms with Crippen molar-refractivity contribution in [2.75, 3.05) is 5.32 Å². The number of benzene rings is 1. The zero-order valence-electron chi connectivity index (χ0n) is 10.5. The number of alkyl halides is 3. The summed E-state index contributed by atoms with van der Waals surface area (Å²) in [5.74, 6) is 0.915. The van der Waals surface area contributed by atoms with Crippen LogP contribution in [-0.4, -0.2) is 10.1 Å². The molecule has 0 saturated heterocycles. The molecular weight excluding hydrogens is 295 g/mol. The Hall–Kier alpha value is -1.76. The minimum absolute atomic E-state index is 0.0185. The molecule has 0 amide bonds. The van der Waals surface area contributed by atoms with Gasteiger partial charge >= 0.3 is 6.18 Å².